The Balaban J connectivity index is 1.89. The van der Waals surface area contributed by atoms with Gasteiger partial charge >= 0.3 is 6.09 Å². The second-order valence-corrected chi connectivity index (χ2v) is 7.65. The number of ether oxygens (including phenoxy) is 1. The number of carbonyl (C=O) groups is 1. The van der Waals surface area contributed by atoms with Crippen molar-refractivity contribution < 1.29 is 9.53 Å². The van der Waals surface area contributed by atoms with E-state index < -0.39 is 5.60 Å². The van der Waals surface area contributed by atoms with Gasteiger partial charge in [-0.1, -0.05) is 37.3 Å². The zero-order valence-electron chi connectivity index (χ0n) is 15.1. The van der Waals surface area contributed by atoms with Crippen molar-refractivity contribution in [1.29, 1.82) is 0 Å². The van der Waals surface area contributed by atoms with E-state index in [4.69, 9.17) is 4.74 Å². The van der Waals surface area contributed by atoms with E-state index in [0.29, 0.717) is 5.92 Å². The fourth-order valence-electron chi connectivity index (χ4n) is 3.25. The van der Waals surface area contributed by atoms with Crippen LogP contribution in [0.25, 0.3) is 0 Å². The van der Waals surface area contributed by atoms with Crippen LogP contribution >= 0.6 is 0 Å². The third-order valence-corrected chi connectivity index (χ3v) is 4.37. The van der Waals surface area contributed by atoms with Crippen LogP contribution in [0.3, 0.4) is 0 Å². The molecule has 2 rings (SSSR count). The maximum atomic E-state index is 12.3. The minimum absolute atomic E-state index is 0.217. The number of hydrogen-bond acceptors (Lipinski definition) is 3. The summed E-state index contributed by atoms with van der Waals surface area (Å²) >= 11 is 0. The van der Waals surface area contributed by atoms with Crippen LogP contribution in [-0.2, 0) is 11.3 Å². The maximum absolute atomic E-state index is 12.3. The van der Waals surface area contributed by atoms with Crippen molar-refractivity contribution in [1.82, 2.24) is 9.80 Å². The molecule has 1 aromatic rings. The van der Waals surface area contributed by atoms with Crippen molar-refractivity contribution in [2.75, 3.05) is 20.1 Å². The Hall–Kier alpha value is -1.55. The second-order valence-electron chi connectivity index (χ2n) is 7.65. The number of carbonyl (C=O) groups excluding carboxylic acids is 1. The number of benzene rings is 1. The van der Waals surface area contributed by atoms with E-state index >= 15 is 0 Å². The molecule has 2 atom stereocenters. The lowest BCUT2D eigenvalue weighted by Gasteiger charge is -2.41. The van der Waals surface area contributed by atoms with Gasteiger partial charge in [-0.15, -0.1) is 0 Å². The van der Waals surface area contributed by atoms with Crippen molar-refractivity contribution in [3.05, 3.63) is 35.9 Å². The monoisotopic (exact) mass is 318 g/mol. The smallest absolute Gasteiger partial charge is 0.410 e. The van der Waals surface area contributed by atoms with Crippen molar-refractivity contribution >= 4 is 6.09 Å². The number of piperidine rings is 1. The van der Waals surface area contributed by atoms with E-state index in [2.05, 4.69) is 36.1 Å². The van der Waals surface area contributed by atoms with Gasteiger partial charge in [0, 0.05) is 32.7 Å². The summed E-state index contributed by atoms with van der Waals surface area (Å²) in [5.74, 6) is 0.435. The Morgan fingerprint density at radius 2 is 1.96 bits per heavy atom. The highest BCUT2D eigenvalue weighted by molar-refractivity contribution is 5.68. The number of amides is 1. The predicted molar refractivity (Wildman–Crippen MR) is 93.3 cm³/mol. The van der Waals surface area contributed by atoms with Gasteiger partial charge in [-0.2, -0.15) is 0 Å². The molecule has 1 saturated heterocycles. The van der Waals surface area contributed by atoms with E-state index in [1.54, 1.807) is 4.90 Å². The molecule has 1 aliphatic heterocycles. The van der Waals surface area contributed by atoms with Gasteiger partial charge in [0.25, 0.3) is 0 Å². The van der Waals surface area contributed by atoms with Crippen LogP contribution < -0.4 is 0 Å². The molecule has 1 fully saturated rings. The molecule has 0 aromatic heterocycles. The van der Waals surface area contributed by atoms with Gasteiger partial charge in [0.05, 0.1) is 0 Å². The lowest BCUT2D eigenvalue weighted by Crippen LogP contribution is -2.51. The fourth-order valence-corrected chi connectivity index (χ4v) is 3.25. The normalized spacial score (nSPS) is 22.7. The van der Waals surface area contributed by atoms with Gasteiger partial charge in [-0.3, -0.25) is 4.90 Å². The molecule has 1 aromatic carbocycles. The minimum atomic E-state index is -0.442. The van der Waals surface area contributed by atoms with E-state index in [1.807, 2.05) is 33.9 Å². The Bertz CT molecular complexity index is 510. The molecule has 0 spiro atoms. The lowest BCUT2D eigenvalue weighted by molar-refractivity contribution is 0.00537. The molecule has 1 amide bonds. The van der Waals surface area contributed by atoms with Crippen LogP contribution in [-0.4, -0.2) is 47.7 Å². The first kappa shape index (κ1) is 17.8. The van der Waals surface area contributed by atoms with Gasteiger partial charge in [0.1, 0.15) is 5.60 Å². The molecule has 4 nitrogen and oxygen atoms in total. The van der Waals surface area contributed by atoms with Gasteiger partial charge < -0.3 is 9.64 Å². The quantitative estimate of drug-likeness (QED) is 0.850. The molecule has 1 aliphatic rings. The van der Waals surface area contributed by atoms with Crippen LogP contribution in [0.5, 0.6) is 0 Å². The molecule has 0 saturated carbocycles. The van der Waals surface area contributed by atoms with Crippen molar-refractivity contribution in [3.8, 4) is 0 Å². The average molecular weight is 318 g/mol. The van der Waals surface area contributed by atoms with Crippen molar-refractivity contribution in [3.63, 3.8) is 0 Å². The Kier molecular flexibility index (Phi) is 5.69. The zero-order chi connectivity index (χ0) is 17.0. The molecule has 0 bridgehead atoms. The van der Waals surface area contributed by atoms with Crippen LogP contribution in [0.2, 0.25) is 0 Å². The van der Waals surface area contributed by atoms with Crippen LogP contribution in [0.1, 0.15) is 39.7 Å². The topological polar surface area (TPSA) is 32.8 Å². The summed E-state index contributed by atoms with van der Waals surface area (Å²) in [6, 6.07) is 10.8. The summed E-state index contributed by atoms with van der Waals surface area (Å²) in [6.45, 7) is 10.9. The first-order chi connectivity index (χ1) is 10.8. The molecule has 0 aliphatic carbocycles. The SMILES string of the molecule is CC1CN(Cc2ccccc2)CCC1N(C)C(=O)OC(C)(C)C. The molecular formula is C19H30N2O2. The van der Waals surface area contributed by atoms with E-state index in [9.17, 15) is 4.79 Å². The molecule has 1 heterocycles. The molecular weight excluding hydrogens is 288 g/mol. The third-order valence-electron chi connectivity index (χ3n) is 4.37. The van der Waals surface area contributed by atoms with Gasteiger partial charge in [-0.25, -0.2) is 4.79 Å². The van der Waals surface area contributed by atoms with Crippen LogP contribution in [0, 0.1) is 5.92 Å². The van der Waals surface area contributed by atoms with Crippen LogP contribution in [0.15, 0.2) is 30.3 Å². The number of nitrogens with zero attached hydrogens (tertiary/aromatic N) is 2. The lowest BCUT2D eigenvalue weighted by atomic mass is 9.92. The summed E-state index contributed by atoms with van der Waals surface area (Å²) in [4.78, 5) is 16.5. The molecule has 0 N–H and O–H groups in total. The first-order valence-electron chi connectivity index (χ1n) is 8.48. The molecule has 0 radical (unpaired) electrons. The number of likely N-dealkylation sites (tertiary alicyclic amines) is 1. The average Bonchev–Trinajstić information content (AvgIpc) is 2.46. The molecule has 23 heavy (non-hydrogen) atoms. The first-order valence-corrected chi connectivity index (χ1v) is 8.48. The fraction of sp³-hybridized carbons (Fsp3) is 0.632. The summed E-state index contributed by atoms with van der Waals surface area (Å²) in [5, 5.41) is 0. The third kappa shape index (κ3) is 5.24. The van der Waals surface area contributed by atoms with E-state index in [-0.39, 0.29) is 12.1 Å². The Morgan fingerprint density at radius 1 is 1.30 bits per heavy atom. The molecule has 2 unspecified atom stereocenters. The highest BCUT2D eigenvalue weighted by Gasteiger charge is 2.33. The summed E-state index contributed by atoms with van der Waals surface area (Å²) in [7, 11) is 1.86. The zero-order valence-corrected chi connectivity index (χ0v) is 15.1. The largest absolute Gasteiger partial charge is 0.444 e. The number of rotatable bonds is 3. The maximum Gasteiger partial charge on any atom is 0.410 e. The van der Waals surface area contributed by atoms with E-state index in [1.165, 1.54) is 5.56 Å². The second kappa shape index (κ2) is 7.35. The highest BCUT2D eigenvalue weighted by atomic mass is 16.6. The summed E-state index contributed by atoms with van der Waals surface area (Å²) in [5.41, 5.74) is 0.904. The molecule has 128 valence electrons. The Morgan fingerprint density at radius 3 is 2.52 bits per heavy atom. The van der Waals surface area contributed by atoms with Gasteiger partial charge in [0.15, 0.2) is 0 Å². The highest BCUT2D eigenvalue weighted by Crippen LogP contribution is 2.24. The summed E-state index contributed by atoms with van der Waals surface area (Å²) in [6.07, 6.45) is 0.773. The Labute approximate surface area is 140 Å². The van der Waals surface area contributed by atoms with Gasteiger partial charge in [-0.05, 0) is 38.7 Å². The van der Waals surface area contributed by atoms with Gasteiger partial charge in [0.2, 0.25) is 0 Å². The van der Waals surface area contributed by atoms with Crippen molar-refractivity contribution in [2.24, 2.45) is 5.92 Å². The summed E-state index contributed by atoms with van der Waals surface area (Å²) < 4.78 is 5.50. The standard InChI is InChI=1S/C19H30N2O2/c1-15-13-21(14-16-9-7-6-8-10-16)12-11-17(15)20(5)18(22)23-19(2,3)4/h6-10,15,17H,11-14H2,1-5H3. The van der Waals surface area contributed by atoms with Crippen LogP contribution in [0.4, 0.5) is 4.79 Å². The molecule has 4 heteroatoms. The predicted octanol–water partition coefficient (Wildman–Crippen LogP) is 3.76. The minimum Gasteiger partial charge on any atom is -0.444 e. The number of hydrogen-bond donors (Lipinski definition) is 0. The van der Waals surface area contributed by atoms with E-state index in [0.717, 1.165) is 26.1 Å². The van der Waals surface area contributed by atoms with Crippen molar-refractivity contribution in [2.45, 2.75) is 52.3 Å².